The van der Waals surface area contributed by atoms with Gasteiger partial charge in [0.15, 0.2) is 0 Å². The number of ether oxygens (including phenoxy) is 2. The molecular weight excluding hydrogens is 758 g/mol. The Labute approximate surface area is 364 Å². The van der Waals surface area contributed by atoms with E-state index in [-0.39, 0.29) is 32.3 Å². The van der Waals surface area contributed by atoms with Crippen LogP contribution in [0, 0.1) is 0 Å². The lowest BCUT2D eigenvalue weighted by atomic mass is 10.0. The topological polar surface area (TPSA) is 117 Å². The molecule has 59 heavy (non-hydrogen) atoms. The molecule has 0 aliphatic rings. The number of rotatable bonds is 47. The van der Waals surface area contributed by atoms with Gasteiger partial charge in [-0.2, -0.15) is 0 Å². The van der Waals surface area contributed by atoms with Gasteiger partial charge < -0.3 is 20.1 Å². The third-order valence-corrected chi connectivity index (χ3v) is 11.5. The van der Waals surface area contributed by atoms with Crippen LogP contribution in [0.25, 0.3) is 0 Å². The lowest BCUT2D eigenvalue weighted by molar-refractivity contribution is -0.154. The fourth-order valence-electron chi connectivity index (χ4n) is 6.81. The first kappa shape index (κ1) is 57.5. The first-order chi connectivity index (χ1) is 28.9. The number of esters is 1. The molecule has 0 bridgehead atoms. The summed E-state index contributed by atoms with van der Waals surface area (Å²) in [5.41, 5.74) is 5.38. The van der Waals surface area contributed by atoms with Crippen molar-refractivity contribution in [3.63, 3.8) is 0 Å². The molecule has 0 aromatic rings. The van der Waals surface area contributed by atoms with E-state index in [9.17, 15) is 14.3 Å². The molecule has 0 saturated heterocycles. The van der Waals surface area contributed by atoms with E-state index >= 15 is 0 Å². The van der Waals surface area contributed by atoms with Gasteiger partial charge in [0.05, 0.1) is 19.8 Å². The third kappa shape index (κ3) is 47.4. The van der Waals surface area contributed by atoms with E-state index in [1.54, 1.807) is 0 Å². The monoisotopic (exact) mass is 852 g/mol. The van der Waals surface area contributed by atoms with Crippen molar-refractivity contribution in [1.29, 1.82) is 0 Å². The molecule has 0 aliphatic heterocycles. The summed E-state index contributed by atoms with van der Waals surface area (Å²) in [4.78, 5) is 22.6. The third-order valence-electron chi connectivity index (χ3n) is 10.5. The summed E-state index contributed by atoms with van der Waals surface area (Å²) in [5, 5.41) is 0. The number of unbranched alkanes of at least 4 members (excludes halogenated alkanes) is 26. The Morgan fingerprint density at radius 2 is 0.915 bits per heavy atom. The first-order valence-electron chi connectivity index (χ1n) is 24.6. The fourth-order valence-corrected chi connectivity index (χ4v) is 7.57. The Kier molecular flexibility index (Phi) is 46.3. The Hall–Kier alpha value is -1.54. The molecule has 9 heteroatoms. The van der Waals surface area contributed by atoms with Gasteiger partial charge in [0, 0.05) is 19.6 Å². The van der Waals surface area contributed by atoms with Gasteiger partial charge in [0.25, 0.3) is 0 Å². The SMILES string of the molecule is CCCC/C=C\C/C=C\CCCCCCCCOCC(COP(=O)(O)OCCN)OC(=O)CCCCCCCCCCCCCCC/C=C\C/C=C\CCCCCCC. The minimum atomic E-state index is -4.28. The average molecular weight is 852 g/mol. The molecule has 0 spiro atoms. The Morgan fingerprint density at radius 3 is 1.37 bits per heavy atom. The highest BCUT2D eigenvalue weighted by Crippen LogP contribution is 2.43. The van der Waals surface area contributed by atoms with E-state index in [0.717, 1.165) is 57.8 Å². The maximum Gasteiger partial charge on any atom is 0.472 e. The van der Waals surface area contributed by atoms with Crippen molar-refractivity contribution < 1.29 is 32.8 Å². The number of carbonyl (C=O) groups is 1. The quantitative estimate of drug-likeness (QED) is 0.0269. The van der Waals surface area contributed by atoms with Gasteiger partial charge in [-0.15, -0.1) is 0 Å². The van der Waals surface area contributed by atoms with Crippen LogP contribution >= 0.6 is 7.82 Å². The van der Waals surface area contributed by atoms with Gasteiger partial charge >= 0.3 is 13.8 Å². The summed E-state index contributed by atoms with van der Waals surface area (Å²) in [6, 6.07) is 0. The van der Waals surface area contributed by atoms with E-state index in [1.807, 2.05) is 0 Å². The van der Waals surface area contributed by atoms with E-state index in [1.165, 1.54) is 148 Å². The zero-order valence-corrected chi connectivity index (χ0v) is 39.4. The summed E-state index contributed by atoms with van der Waals surface area (Å²) >= 11 is 0. The van der Waals surface area contributed by atoms with Gasteiger partial charge in [0.2, 0.25) is 0 Å². The van der Waals surface area contributed by atoms with Crippen molar-refractivity contribution in [3.05, 3.63) is 48.6 Å². The molecule has 8 nitrogen and oxygen atoms in total. The Morgan fingerprint density at radius 1 is 0.508 bits per heavy atom. The molecule has 346 valence electrons. The van der Waals surface area contributed by atoms with Crippen molar-refractivity contribution in [3.8, 4) is 0 Å². The molecule has 0 radical (unpaired) electrons. The molecule has 0 aliphatic carbocycles. The van der Waals surface area contributed by atoms with Crippen molar-refractivity contribution >= 4 is 13.8 Å². The number of carbonyl (C=O) groups excluding carboxylic acids is 1. The molecule has 0 saturated carbocycles. The molecule has 0 aromatic heterocycles. The van der Waals surface area contributed by atoms with Crippen molar-refractivity contribution in [1.82, 2.24) is 0 Å². The molecule has 0 fully saturated rings. The summed E-state index contributed by atoms with van der Waals surface area (Å²) in [7, 11) is -4.28. The zero-order chi connectivity index (χ0) is 43.0. The number of phosphoric ester groups is 1. The molecule has 3 N–H and O–H groups in total. The second-order valence-electron chi connectivity index (χ2n) is 16.3. The van der Waals surface area contributed by atoms with E-state index < -0.39 is 13.9 Å². The predicted octanol–water partition coefficient (Wildman–Crippen LogP) is 15.1. The Bertz CT molecular complexity index is 1050. The lowest BCUT2D eigenvalue weighted by Gasteiger charge is -2.20. The number of allylic oxidation sites excluding steroid dienone is 8. The van der Waals surface area contributed by atoms with Crippen LogP contribution in [0.3, 0.4) is 0 Å². The molecule has 2 unspecified atom stereocenters. The van der Waals surface area contributed by atoms with E-state index in [4.69, 9.17) is 24.3 Å². The second kappa shape index (κ2) is 47.5. The second-order valence-corrected chi connectivity index (χ2v) is 17.8. The molecule has 2 atom stereocenters. The average Bonchev–Trinajstić information content (AvgIpc) is 3.23. The van der Waals surface area contributed by atoms with Crippen molar-refractivity contribution in [2.45, 2.75) is 232 Å². The molecule has 0 aromatic carbocycles. The minimum absolute atomic E-state index is 0.0976. The van der Waals surface area contributed by atoms with Gasteiger partial charge in [0.1, 0.15) is 6.10 Å². The maximum absolute atomic E-state index is 12.6. The molecule has 0 rings (SSSR count). The number of hydrogen-bond acceptors (Lipinski definition) is 7. The van der Waals surface area contributed by atoms with E-state index in [0.29, 0.717) is 13.0 Å². The highest BCUT2D eigenvalue weighted by atomic mass is 31.2. The van der Waals surface area contributed by atoms with E-state index in [2.05, 4.69) is 62.5 Å². The van der Waals surface area contributed by atoms with Crippen LogP contribution in [0.1, 0.15) is 226 Å². The van der Waals surface area contributed by atoms with Gasteiger partial charge in [-0.3, -0.25) is 13.8 Å². The lowest BCUT2D eigenvalue weighted by Crippen LogP contribution is -2.28. The van der Waals surface area contributed by atoms with Crippen LogP contribution < -0.4 is 5.73 Å². The minimum Gasteiger partial charge on any atom is -0.457 e. The zero-order valence-electron chi connectivity index (χ0n) is 38.5. The highest BCUT2D eigenvalue weighted by Gasteiger charge is 2.25. The Balaban J connectivity index is 3.93. The smallest absolute Gasteiger partial charge is 0.457 e. The van der Waals surface area contributed by atoms with Crippen LogP contribution in [0.15, 0.2) is 48.6 Å². The van der Waals surface area contributed by atoms with Crippen LogP contribution in [0.5, 0.6) is 0 Å². The van der Waals surface area contributed by atoms with Crippen LogP contribution in [0.2, 0.25) is 0 Å². The van der Waals surface area contributed by atoms with Crippen molar-refractivity contribution in [2.75, 3.05) is 33.0 Å². The van der Waals surface area contributed by atoms with Gasteiger partial charge in [-0.05, 0) is 70.6 Å². The molecule has 0 amide bonds. The maximum atomic E-state index is 12.6. The number of phosphoric acid groups is 1. The normalized spacial score (nSPS) is 13.8. The largest absolute Gasteiger partial charge is 0.472 e. The van der Waals surface area contributed by atoms with Crippen LogP contribution in [-0.4, -0.2) is 49.9 Å². The summed E-state index contributed by atoms with van der Waals surface area (Å²) in [6.07, 6.45) is 57.1. The summed E-state index contributed by atoms with van der Waals surface area (Å²) in [5.74, 6) is -0.334. The predicted molar refractivity (Wildman–Crippen MR) is 252 cm³/mol. The van der Waals surface area contributed by atoms with Crippen LogP contribution in [-0.2, 0) is 27.9 Å². The highest BCUT2D eigenvalue weighted by molar-refractivity contribution is 7.47. The molecular formula is C50H94NO7P. The number of hydrogen-bond donors (Lipinski definition) is 2. The summed E-state index contributed by atoms with van der Waals surface area (Å²) < 4.78 is 33.5. The van der Waals surface area contributed by atoms with Crippen molar-refractivity contribution in [2.24, 2.45) is 5.73 Å². The number of nitrogens with two attached hydrogens (primary N) is 1. The summed E-state index contributed by atoms with van der Waals surface area (Å²) in [6.45, 7) is 4.87. The fraction of sp³-hybridized carbons (Fsp3) is 0.820. The van der Waals surface area contributed by atoms with Gasteiger partial charge in [-0.25, -0.2) is 4.57 Å². The molecule has 0 heterocycles. The standard InChI is InChI=1S/C50H94NO7P/c1-3-5-7-9-11-13-15-17-19-20-21-22-23-24-25-26-27-28-29-31-33-35-37-39-41-43-50(52)58-49(48-57-59(53,54)56-46-44-51)47-55-45-42-40-38-36-34-32-30-18-16-14-12-10-8-6-4-2/h10,12,15-18,20-21,49H,3-9,11,13-14,19,22-48,51H2,1-2H3,(H,53,54)/b12-10-,17-15-,18-16-,21-20-. The van der Waals surface area contributed by atoms with Crippen LogP contribution in [0.4, 0.5) is 0 Å². The first-order valence-corrected chi connectivity index (χ1v) is 26.1. The van der Waals surface area contributed by atoms with Gasteiger partial charge in [-0.1, -0.05) is 197 Å².